The van der Waals surface area contributed by atoms with E-state index in [9.17, 15) is 4.79 Å². The van der Waals surface area contributed by atoms with E-state index in [2.05, 4.69) is 4.98 Å². The van der Waals surface area contributed by atoms with Crippen LogP contribution in [0.25, 0.3) is 11.3 Å². The molecule has 1 aromatic carbocycles. The summed E-state index contributed by atoms with van der Waals surface area (Å²) in [6, 6.07) is 7.19. The summed E-state index contributed by atoms with van der Waals surface area (Å²) in [7, 11) is 1.62. The summed E-state index contributed by atoms with van der Waals surface area (Å²) in [4.78, 5) is 16.1. The van der Waals surface area contributed by atoms with Crippen LogP contribution in [0.3, 0.4) is 0 Å². The maximum Gasteiger partial charge on any atom is 0.292 e. The van der Waals surface area contributed by atoms with Gasteiger partial charge < -0.3 is 14.9 Å². The molecule has 0 saturated carbocycles. The van der Waals surface area contributed by atoms with Gasteiger partial charge in [0.15, 0.2) is 5.82 Å². The molecule has 0 atom stereocenters. The Balaban J connectivity index is 2.56. The molecule has 0 fully saturated rings. The second-order valence-electron chi connectivity index (χ2n) is 3.55. The average molecular weight is 249 g/mol. The third kappa shape index (κ3) is 2.32. The van der Waals surface area contributed by atoms with Gasteiger partial charge in [-0.25, -0.2) is 4.98 Å². The van der Waals surface area contributed by atoms with Crippen molar-refractivity contribution < 1.29 is 4.55 Å². The van der Waals surface area contributed by atoms with Crippen LogP contribution < -0.4 is 11.3 Å². The van der Waals surface area contributed by atoms with E-state index in [4.69, 9.17) is 10.3 Å². The van der Waals surface area contributed by atoms with Gasteiger partial charge in [0.1, 0.15) is 0 Å². The minimum absolute atomic E-state index is 0.0351. The smallest absolute Gasteiger partial charge is 0.292 e. The Kier molecular flexibility index (Phi) is 3.16. The minimum Gasteiger partial charge on any atom is -0.379 e. The van der Waals surface area contributed by atoms with Gasteiger partial charge in [-0.2, -0.15) is 0 Å². The fourth-order valence-corrected chi connectivity index (χ4v) is 1.80. The molecular formula is C11H11N3O2S. The fraction of sp³-hybridized carbons (Fsp3) is 0.0909. The van der Waals surface area contributed by atoms with Gasteiger partial charge in [0.25, 0.3) is 5.56 Å². The van der Waals surface area contributed by atoms with Crippen LogP contribution in [0.2, 0.25) is 0 Å². The molecule has 0 aliphatic carbocycles. The van der Waals surface area contributed by atoms with Gasteiger partial charge in [-0.05, 0) is 12.1 Å². The first-order valence-electron chi connectivity index (χ1n) is 4.87. The first-order chi connectivity index (χ1) is 8.11. The normalized spacial score (nSPS) is 10.5. The van der Waals surface area contributed by atoms with E-state index in [1.165, 1.54) is 4.57 Å². The predicted molar refractivity (Wildman–Crippen MR) is 67.8 cm³/mol. The second-order valence-corrected chi connectivity index (χ2v) is 4.20. The molecule has 1 heterocycles. The molecule has 0 saturated heterocycles. The lowest BCUT2D eigenvalue weighted by atomic mass is 10.1. The molecule has 5 nitrogen and oxygen atoms in total. The highest BCUT2D eigenvalue weighted by molar-refractivity contribution is 7.93. The summed E-state index contributed by atoms with van der Waals surface area (Å²) >= 11 is 0.662. The Labute approximate surface area is 102 Å². The second kappa shape index (κ2) is 4.60. The molecule has 0 aliphatic heterocycles. The summed E-state index contributed by atoms with van der Waals surface area (Å²) < 4.78 is 10.4. The molecule has 0 spiro atoms. The first-order valence-corrected chi connectivity index (χ1v) is 5.64. The quantitative estimate of drug-likeness (QED) is 0.790. The van der Waals surface area contributed by atoms with Crippen molar-refractivity contribution in [3.8, 4) is 11.3 Å². The maximum absolute atomic E-state index is 11.4. The molecule has 0 radical (unpaired) electrons. The van der Waals surface area contributed by atoms with Gasteiger partial charge in [-0.3, -0.25) is 4.79 Å². The van der Waals surface area contributed by atoms with E-state index in [0.29, 0.717) is 22.6 Å². The number of anilines is 1. The lowest BCUT2D eigenvalue weighted by Crippen LogP contribution is -2.21. The van der Waals surface area contributed by atoms with Crippen molar-refractivity contribution in [1.82, 2.24) is 9.55 Å². The van der Waals surface area contributed by atoms with Crippen molar-refractivity contribution in [3.63, 3.8) is 0 Å². The predicted octanol–water partition coefficient (Wildman–Crippen LogP) is 1.59. The summed E-state index contributed by atoms with van der Waals surface area (Å²) in [6.07, 6.45) is 1.61. The Morgan fingerprint density at radius 1 is 1.47 bits per heavy atom. The van der Waals surface area contributed by atoms with Gasteiger partial charge in [0.05, 0.1) is 5.69 Å². The van der Waals surface area contributed by atoms with E-state index in [1.54, 1.807) is 31.4 Å². The SMILES string of the molecule is Cn1cc(-c2cccc(SO)c2)nc(N)c1=O. The molecule has 1 aromatic heterocycles. The van der Waals surface area contributed by atoms with E-state index in [-0.39, 0.29) is 11.4 Å². The van der Waals surface area contributed by atoms with Crippen molar-refractivity contribution >= 4 is 17.9 Å². The van der Waals surface area contributed by atoms with Crippen molar-refractivity contribution in [2.45, 2.75) is 4.90 Å². The molecule has 88 valence electrons. The Bertz CT molecular complexity index is 584. The lowest BCUT2D eigenvalue weighted by molar-refractivity contribution is 0.664. The molecule has 0 aliphatic rings. The van der Waals surface area contributed by atoms with Crippen LogP contribution in [-0.4, -0.2) is 14.1 Å². The van der Waals surface area contributed by atoms with Crippen LogP contribution in [0.1, 0.15) is 0 Å². The average Bonchev–Trinajstić information content (AvgIpc) is 2.35. The fourth-order valence-electron chi connectivity index (χ4n) is 1.48. The largest absolute Gasteiger partial charge is 0.379 e. The number of benzene rings is 1. The van der Waals surface area contributed by atoms with E-state index >= 15 is 0 Å². The first kappa shape index (κ1) is 11.7. The van der Waals surface area contributed by atoms with Crippen molar-refractivity contribution in [3.05, 3.63) is 40.8 Å². The minimum atomic E-state index is -0.318. The van der Waals surface area contributed by atoms with Gasteiger partial charge in [0, 0.05) is 35.7 Å². The molecule has 0 unspecified atom stereocenters. The Morgan fingerprint density at radius 3 is 2.88 bits per heavy atom. The van der Waals surface area contributed by atoms with Crippen LogP contribution >= 0.6 is 12.0 Å². The molecule has 2 rings (SSSR count). The highest BCUT2D eigenvalue weighted by Crippen LogP contribution is 2.22. The summed E-state index contributed by atoms with van der Waals surface area (Å²) in [5.74, 6) is -0.0351. The zero-order valence-electron chi connectivity index (χ0n) is 9.12. The summed E-state index contributed by atoms with van der Waals surface area (Å²) in [5.41, 5.74) is 6.61. The number of aryl methyl sites for hydroxylation is 1. The van der Waals surface area contributed by atoms with Crippen LogP contribution in [0, 0.1) is 0 Å². The summed E-state index contributed by atoms with van der Waals surface area (Å²) in [6.45, 7) is 0. The molecule has 3 N–H and O–H groups in total. The lowest BCUT2D eigenvalue weighted by Gasteiger charge is -2.05. The highest BCUT2D eigenvalue weighted by Gasteiger charge is 2.06. The maximum atomic E-state index is 11.4. The number of aromatic nitrogens is 2. The topological polar surface area (TPSA) is 81.1 Å². The monoisotopic (exact) mass is 249 g/mol. The van der Waals surface area contributed by atoms with Crippen molar-refractivity contribution in [2.24, 2.45) is 7.05 Å². The Hall–Kier alpha value is -1.79. The molecule has 0 bridgehead atoms. The molecule has 6 heteroatoms. The third-order valence-corrected chi connectivity index (χ3v) is 2.80. The number of nitrogens with two attached hydrogens (primary N) is 1. The van der Waals surface area contributed by atoms with Crippen LogP contribution in [0.5, 0.6) is 0 Å². The van der Waals surface area contributed by atoms with Crippen LogP contribution in [0.15, 0.2) is 40.2 Å². The van der Waals surface area contributed by atoms with E-state index in [0.717, 1.165) is 5.56 Å². The molecular weight excluding hydrogens is 238 g/mol. The number of nitrogens with zero attached hydrogens (tertiary/aromatic N) is 2. The zero-order valence-corrected chi connectivity index (χ0v) is 9.94. The van der Waals surface area contributed by atoms with Gasteiger partial charge >= 0.3 is 0 Å². The van der Waals surface area contributed by atoms with Gasteiger partial charge in [0.2, 0.25) is 0 Å². The van der Waals surface area contributed by atoms with E-state index in [1.807, 2.05) is 6.07 Å². The number of hydrogen-bond acceptors (Lipinski definition) is 5. The molecule has 17 heavy (non-hydrogen) atoms. The third-order valence-electron chi connectivity index (χ3n) is 2.33. The van der Waals surface area contributed by atoms with Crippen LogP contribution in [-0.2, 0) is 7.05 Å². The summed E-state index contributed by atoms with van der Waals surface area (Å²) in [5, 5.41) is 0. The van der Waals surface area contributed by atoms with E-state index < -0.39 is 0 Å². The number of hydrogen-bond donors (Lipinski definition) is 2. The molecule has 2 aromatic rings. The van der Waals surface area contributed by atoms with Crippen molar-refractivity contribution in [1.29, 1.82) is 0 Å². The zero-order chi connectivity index (χ0) is 12.4. The van der Waals surface area contributed by atoms with Gasteiger partial charge in [-0.15, -0.1) is 0 Å². The Morgan fingerprint density at radius 2 is 2.24 bits per heavy atom. The molecule has 0 amide bonds. The number of nitrogen functional groups attached to an aromatic ring is 1. The van der Waals surface area contributed by atoms with Crippen molar-refractivity contribution in [2.75, 3.05) is 5.73 Å². The van der Waals surface area contributed by atoms with Crippen LogP contribution in [0.4, 0.5) is 5.82 Å². The van der Waals surface area contributed by atoms with Gasteiger partial charge in [-0.1, -0.05) is 12.1 Å². The highest BCUT2D eigenvalue weighted by atomic mass is 32.2. The number of rotatable bonds is 2. The standard InChI is InChI=1S/C11H11N3O2S/c1-14-6-9(13-10(12)11(14)15)7-3-2-4-8(5-7)17-16/h2-6,16H,1H3,(H2,12,13).